The second kappa shape index (κ2) is 16.3. The van der Waals surface area contributed by atoms with E-state index in [0.717, 1.165) is 55.4 Å². The van der Waals surface area contributed by atoms with Crippen molar-refractivity contribution in [1.29, 1.82) is 0 Å². The van der Waals surface area contributed by atoms with E-state index in [2.05, 4.69) is 89.0 Å². The maximum Gasteiger partial charge on any atom is 2.00 e. The van der Waals surface area contributed by atoms with Gasteiger partial charge in [-0.1, -0.05) is 87.0 Å². The van der Waals surface area contributed by atoms with E-state index in [0.29, 0.717) is 28.9 Å². The number of aromatic nitrogens is 6. The Balaban J connectivity index is 0.00000240. The van der Waals surface area contributed by atoms with E-state index in [9.17, 15) is 0 Å². The molecule has 8 aromatic rings. The minimum atomic E-state index is 0. The number of hydrogen-bond acceptors (Lipinski definition) is 7. The molecule has 0 amide bonds. The Morgan fingerprint density at radius 1 is 0.547 bits per heavy atom. The SMILES string of the molecule is CC(C)c1cc2c3cc(C(C)C)c(Oc4[c-]c(-c5ccccn5)ccc4)[c-]c3n(-c3ncncn3)c2[c-]c1Oc1[c-]c(-c2ccccn2)ccc1.[Pt+2].[Pt+2]. The first kappa shape index (κ1) is 37.7. The summed E-state index contributed by atoms with van der Waals surface area (Å²) >= 11 is 0. The predicted molar refractivity (Wildman–Crippen MR) is 197 cm³/mol. The smallest absolute Gasteiger partial charge is 0.503 e. The van der Waals surface area contributed by atoms with Gasteiger partial charge in [0, 0.05) is 35.4 Å². The van der Waals surface area contributed by atoms with Gasteiger partial charge in [0.25, 0.3) is 0 Å². The molecule has 8 nitrogen and oxygen atoms in total. The summed E-state index contributed by atoms with van der Waals surface area (Å²) in [5.74, 6) is 3.00. The van der Waals surface area contributed by atoms with E-state index in [1.54, 1.807) is 12.4 Å². The molecule has 4 heterocycles. The fourth-order valence-corrected chi connectivity index (χ4v) is 6.10. The van der Waals surface area contributed by atoms with Crippen molar-refractivity contribution < 1.29 is 51.6 Å². The van der Waals surface area contributed by atoms with E-state index >= 15 is 0 Å². The molecule has 4 aromatic heterocycles. The van der Waals surface area contributed by atoms with Crippen LogP contribution in [0.3, 0.4) is 0 Å². The molecule has 0 saturated heterocycles. The number of hydrogen-bond donors (Lipinski definition) is 0. The van der Waals surface area contributed by atoms with Crippen molar-refractivity contribution in [2.75, 3.05) is 0 Å². The summed E-state index contributed by atoms with van der Waals surface area (Å²) in [6.45, 7) is 8.59. The van der Waals surface area contributed by atoms with Crippen LogP contribution in [0.1, 0.15) is 50.7 Å². The molecule has 8 rings (SSSR count). The molecule has 0 aliphatic heterocycles. The number of ether oxygens (including phenoxy) is 2. The Hall–Kier alpha value is -5.03. The molecular weight excluding hydrogens is 1020 g/mol. The van der Waals surface area contributed by atoms with Crippen LogP contribution in [0.4, 0.5) is 0 Å². The van der Waals surface area contributed by atoms with Crippen molar-refractivity contribution in [2.24, 2.45) is 0 Å². The molecule has 0 atom stereocenters. The molecule has 0 spiro atoms. The van der Waals surface area contributed by atoms with Gasteiger partial charge in [-0.25, -0.2) is 15.0 Å². The van der Waals surface area contributed by atoms with Gasteiger partial charge in [0.05, 0.1) is 0 Å². The van der Waals surface area contributed by atoms with Gasteiger partial charge >= 0.3 is 42.1 Å². The van der Waals surface area contributed by atoms with Crippen molar-refractivity contribution in [3.63, 3.8) is 0 Å². The minimum Gasteiger partial charge on any atom is -0.503 e. The summed E-state index contributed by atoms with van der Waals surface area (Å²) in [5.41, 5.74) is 6.79. The molecule has 10 heteroatoms. The number of pyridine rings is 2. The van der Waals surface area contributed by atoms with Crippen LogP contribution in [0.5, 0.6) is 23.0 Å². The molecule has 0 unspecified atom stereocenters. The van der Waals surface area contributed by atoms with Crippen molar-refractivity contribution in [2.45, 2.75) is 39.5 Å². The topological polar surface area (TPSA) is 87.8 Å². The van der Waals surface area contributed by atoms with Crippen molar-refractivity contribution >= 4 is 21.8 Å². The zero-order valence-corrected chi connectivity index (χ0v) is 33.7. The molecule has 0 radical (unpaired) electrons. The summed E-state index contributed by atoms with van der Waals surface area (Å²) in [4.78, 5) is 22.2. The third-order valence-electron chi connectivity index (χ3n) is 8.60. The van der Waals surface area contributed by atoms with Crippen LogP contribution >= 0.6 is 0 Å². The van der Waals surface area contributed by atoms with Gasteiger partial charge in [-0.15, -0.1) is 70.8 Å². The average molecular weight is 1050 g/mol. The Kier molecular flexibility index (Phi) is 11.6. The van der Waals surface area contributed by atoms with Gasteiger partial charge in [-0.05, 0) is 23.5 Å². The maximum absolute atomic E-state index is 6.59. The van der Waals surface area contributed by atoms with E-state index in [1.807, 2.05) is 77.4 Å². The number of fused-ring (bicyclic) bond motifs is 3. The van der Waals surface area contributed by atoms with Crippen LogP contribution in [0.25, 0.3) is 50.3 Å². The van der Waals surface area contributed by atoms with Gasteiger partial charge < -0.3 is 24.0 Å². The summed E-state index contributed by atoms with van der Waals surface area (Å²) in [5, 5.41) is 1.95. The first-order valence-electron chi connectivity index (χ1n) is 16.8. The zero-order chi connectivity index (χ0) is 34.9. The third-order valence-corrected chi connectivity index (χ3v) is 8.60. The standard InChI is InChI=1S/C43H32N6O2.2Pt/c1-27(2)33-21-35-36-22-34(28(3)4)42(51-32-14-10-12-30(20-32)38-16-6-8-18-46-38)24-40(36)49(43-47-25-44-26-48-43)39(35)23-41(33)50-31-13-9-11-29(19-31)37-15-5-7-17-45-37;;/h5-18,21-22,25-28H,1-4H3;;/q-4;2*+2. The fraction of sp³-hybridized carbons (Fsp3) is 0.140. The monoisotopic (exact) mass is 1050 g/mol. The van der Waals surface area contributed by atoms with Crippen LogP contribution < -0.4 is 9.47 Å². The van der Waals surface area contributed by atoms with E-state index in [1.165, 1.54) is 12.7 Å². The second-order valence-electron chi connectivity index (χ2n) is 12.7. The van der Waals surface area contributed by atoms with Crippen molar-refractivity contribution in [1.82, 2.24) is 29.5 Å². The van der Waals surface area contributed by atoms with Crippen LogP contribution in [0.2, 0.25) is 0 Å². The molecule has 0 aliphatic rings. The molecule has 0 saturated carbocycles. The number of benzene rings is 4. The molecule has 0 bridgehead atoms. The van der Waals surface area contributed by atoms with Crippen molar-refractivity contribution in [3.05, 3.63) is 145 Å². The zero-order valence-electron chi connectivity index (χ0n) is 29.2. The van der Waals surface area contributed by atoms with Gasteiger partial charge in [0.1, 0.15) is 12.7 Å². The molecule has 53 heavy (non-hydrogen) atoms. The Bertz CT molecular complexity index is 2340. The summed E-state index contributed by atoms with van der Waals surface area (Å²) < 4.78 is 15.1. The van der Waals surface area contributed by atoms with Gasteiger partial charge in [0.2, 0.25) is 5.95 Å². The van der Waals surface area contributed by atoms with Crippen LogP contribution in [-0.2, 0) is 42.1 Å². The maximum atomic E-state index is 6.59. The number of nitrogens with zero attached hydrogens (tertiary/aromatic N) is 6. The summed E-state index contributed by atoms with van der Waals surface area (Å²) in [7, 11) is 0. The van der Waals surface area contributed by atoms with E-state index < -0.39 is 0 Å². The molecule has 0 N–H and O–H groups in total. The van der Waals surface area contributed by atoms with Crippen LogP contribution in [-0.4, -0.2) is 29.5 Å². The van der Waals surface area contributed by atoms with Crippen molar-refractivity contribution in [3.8, 4) is 51.5 Å². The van der Waals surface area contributed by atoms with E-state index in [4.69, 9.17) is 9.47 Å². The molecule has 4 aromatic carbocycles. The first-order valence-corrected chi connectivity index (χ1v) is 16.8. The minimum absolute atomic E-state index is 0. The first-order chi connectivity index (χ1) is 24.9. The van der Waals surface area contributed by atoms with Gasteiger partial charge in [0.15, 0.2) is 0 Å². The van der Waals surface area contributed by atoms with Crippen LogP contribution in [0, 0.1) is 24.3 Å². The molecular formula is C43H32N6O2Pt2. The van der Waals surface area contributed by atoms with Gasteiger partial charge in [-0.2, -0.15) is 22.9 Å². The Labute approximate surface area is 337 Å². The van der Waals surface area contributed by atoms with Gasteiger partial charge in [-0.3, -0.25) is 0 Å². The average Bonchev–Trinajstić information content (AvgIpc) is 3.47. The molecule has 266 valence electrons. The van der Waals surface area contributed by atoms with E-state index in [-0.39, 0.29) is 54.0 Å². The summed E-state index contributed by atoms with van der Waals surface area (Å²) in [6, 6.07) is 41.6. The van der Waals surface area contributed by atoms with Crippen LogP contribution in [0.15, 0.2) is 110 Å². The quantitative estimate of drug-likeness (QED) is 0.133. The Morgan fingerprint density at radius 3 is 1.43 bits per heavy atom. The summed E-state index contributed by atoms with van der Waals surface area (Å²) in [6.07, 6.45) is 6.50. The largest absolute Gasteiger partial charge is 2.00 e. The Morgan fingerprint density at radius 2 is 1.02 bits per heavy atom. The fourth-order valence-electron chi connectivity index (χ4n) is 6.10. The third kappa shape index (κ3) is 7.71. The number of rotatable bonds is 9. The predicted octanol–water partition coefficient (Wildman–Crippen LogP) is 10.1. The second-order valence-corrected chi connectivity index (χ2v) is 12.7. The molecule has 0 fully saturated rings. The molecule has 0 aliphatic carbocycles. The normalized spacial score (nSPS) is 11.1.